The number of aromatic amines is 2. The minimum absolute atomic E-state index is 0.0000645. The first-order valence-corrected chi connectivity index (χ1v) is 13.9. The van der Waals surface area contributed by atoms with Gasteiger partial charge in [-0.15, -0.1) is 0 Å². The van der Waals surface area contributed by atoms with Gasteiger partial charge in [0.25, 0.3) is 0 Å². The van der Waals surface area contributed by atoms with E-state index in [1.807, 2.05) is 24.3 Å². The predicted molar refractivity (Wildman–Crippen MR) is 160 cm³/mol. The summed E-state index contributed by atoms with van der Waals surface area (Å²) in [4.78, 5) is 65.7. The fourth-order valence-electron chi connectivity index (χ4n) is 4.52. The highest BCUT2D eigenvalue weighted by Gasteiger charge is 2.32. The number of fused-ring (bicyclic) bond motifs is 1. The van der Waals surface area contributed by atoms with E-state index in [2.05, 4.69) is 35.9 Å². The Morgan fingerprint density at radius 2 is 1.65 bits per heavy atom. The number of aromatic nitrogens is 3. The number of amides is 3. The van der Waals surface area contributed by atoms with Gasteiger partial charge in [-0.25, -0.2) is 9.78 Å². The molecule has 0 bridgehead atoms. The Morgan fingerprint density at radius 1 is 0.977 bits per heavy atom. The first-order chi connectivity index (χ1) is 20.5. The number of nitrogens with one attached hydrogen (secondary N) is 5. The van der Waals surface area contributed by atoms with Gasteiger partial charge in [0, 0.05) is 48.4 Å². The highest BCUT2D eigenvalue weighted by atomic mass is 16.4. The normalized spacial score (nSPS) is 14.0. The number of para-hydroxylation sites is 1. The molecular weight excluding hydrogens is 556 g/mol. The van der Waals surface area contributed by atoms with Crippen LogP contribution in [0.15, 0.2) is 48.0 Å². The van der Waals surface area contributed by atoms with Crippen molar-refractivity contribution in [1.82, 2.24) is 30.9 Å². The lowest BCUT2D eigenvalue weighted by Gasteiger charge is -2.26. The van der Waals surface area contributed by atoms with Crippen LogP contribution in [0.1, 0.15) is 37.9 Å². The zero-order chi connectivity index (χ0) is 31.5. The van der Waals surface area contributed by atoms with Gasteiger partial charge in [0.15, 0.2) is 5.96 Å². The number of aliphatic carboxylic acids is 1. The van der Waals surface area contributed by atoms with Gasteiger partial charge >= 0.3 is 5.97 Å². The van der Waals surface area contributed by atoms with E-state index in [1.54, 1.807) is 20.0 Å². The molecule has 0 radical (unpaired) electrons. The van der Waals surface area contributed by atoms with Gasteiger partial charge in [-0.05, 0) is 30.4 Å². The van der Waals surface area contributed by atoms with Crippen molar-refractivity contribution in [2.75, 3.05) is 6.54 Å². The van der Waals surface area contributed by atoms with Crippen molar-refractivity contribution in [1.29, 1.82) is 0 Å². The number of carbonyl (C=O) groups excluding carboxylic acids is 3. The van der Waals surface area contributed by atoms with Gasteiger partial charge in [0.1, 0.15) is 18.1 Å². The number of nitrogens with zero attached hydrogens (tertiary/aromatic N) is 2. The summed E-state index contributed by atoms with van der Waals surface area (Å²) in [5.41, 5.74) is 18.9. The zero-order valence-electron chi connectivity index (χ0n) is 24.2. The number of hydrogen-bond acceptors (Lipinski definition) is 7. The number of H-pyrrole nitrogens is 2. The molecule has 15 heteroatoms. The third-order valence-electron chi connectivity index (χ3n) is 6.88. The van der Waals surface area contributed by atoms with Gasteiger partial charge in [0.2, 0.25) is 17.7 Å². The van der Waals surface area contributed by atoms with Crippen LogP contribution in [0.3, 0.4) is 0 Å². The molecule has 12 N–H and O–H groups in total. The van der Waals surface area contributed by atoms with Crippen LogP contribution in [0, 0.1) is 5.92 Å². The molecule has 2 heterocycles. The topological polar surface area (TPSA) is 259 Å². The SMILES string of the molecule is CC(C)C(NC(=O)C(Cc1cnc[nH]1)NC(=O)C(Cc1c[nH]c2ccccc12)NC(=O)C(N)CCCN=C(N)N)C(=O)O. The molecular formula is C28H40N10O5. The van der Waals surface area contributed by atoms with E-state index < -0.39 is 53.8 Å². The zero-order valence-corrected chi connectivity index (χ0v) is 24.2. The van der Waals surface area contributed by atoms with Gasteiger partial charge in [-0.3, -0.25) is 19.4 Å². The second kappa shape index (κ2) is 15.3. The third kappa shape index (κ3) is 9.56. The fourth-order valence-corrected chi connectivity index (χ4v) is 4.52. The van der Waals surface area contributed by atoms with Crippen LogP contribution in [0.4, 0.5) is 0 Å². The van der Waals surface area contributed by atoms with Crippen LogP contribution in [0.2, 0.25) is 0 Å². The van der Waals surface area contributed by atoms with E-state index in [-0.39, 0.29) is 25.2 Å². The van der Waals surface area contributed by atoms with E-state index in [9.17, 15) is 24.3 Å². The summed E-state index contributed by atoms with van der Waals surface area (Å²) in [6.07, 6.45) is 5.47. The first kappa shape index (κ1) is 32.6. The minimum Gasteiger partial charge on any atom is -0.480 e. The van der Waals surface area contributed by atoms with Crippen molar-refractivity contribution in [2.24, 2.45) is 28.1 Å². The lowest BCUT2D eigenvalue weighted by Crippen LogP contribution is -2.58. The van der Waals surface area contributed by atoms with Crippen molar-refractivity contribution in [3.05, 3.63) is 54.2 Å². The maximum absolute atomic E-state index is 13.8. The van der Waals surface area contributed by atoms with Crippen LogP contribution >= 0.6 is 0 Å². The van der Waals surface area contributed by atoms with E-state index in [0.29, 0.717) is 18.7 Å². The molecule has 1 aromatic carbocycles. The average molecular weight is 597 g/mol. The predicted octanol–water partition coefficient (Wildman–Crippen LogP) is -0.748. The summed E-state index contributed by atoms with van der Waals surface area (Å²) in [5, 5.41) is 18.4. The molecule has 3 rings (SSSR count). The lowest BCUT2D eigenvalue weighted by molar-refractivity contribution is -0.143. The standard InChI is InChI=1S/C28H40N10O5/c1-15(2)23(27(42)43)38-26(41)22(11-17-13-32-14-35-17)37-25(40)21(10-16-12-34-20-8-4-3-6-18(16)20)36-24(39)19(29)7-5-9-33-28(30)31/h3-4,6,8,12-15,19,21-23,34H,5,7,9-11,29H2,1-2H3,(H,32,35)(H,36,39)(H,37,40)(H,38,41)(H,42,43)(H4,30,31,33). The summed E-state index contributed by atoms with van der Waals surface area (Å²) >= 11 is 0. The van der Waals surface area contributed by atoms with Gasteiger partial charge in [0.05, 0.1) is 12.4 Å². The van der Waals surface area contributed by atoms with Crippen molar-refractivity contribution in [3.63, 3.8) is 0 Å². The van der Waals surface area contributed by atoms with Gasteiger partial charge in [-0.2, -0.15) is 0 Å². The molecule has 0 aliphatic heterocycles. The fraction of sp³-hybridized carbons (Fsp3) is 0.429. The van der Waals surface area contributed by atoms with Crippen molar-refractivity contribution < 1.29 is 24.3 Å². The maximum Gasteiger partial charge on any atom is 0.326 e. The molecule has 4 unspecified atom stereocenters. The number of benzene rings is 1. The average Bonchev–Trinajstić information content (AvgIpc) is 3.62. The molecule has 0 aliphatic carbocycles. The number of rotatable bonds is 16. The second-order valence-electron chi connectivity index (χ2n) is 10.6. The van der Waals surface area contributed by atoms with Gasteiger partial charge < -0.3 is 48.2 Å². The van der Waals surface area contributed by atoms with Gasteiger partial charge in [-0.1, -0.05) is 32.0 Å². The molecule has 2 aromatic heterocycles. The number of carboxylic acid groups (broad SMARTS) is 1. The molecule has 3 aromatic rings. The number of imidazole rings is 1. The Labute approximate surface area is 248 Å². The summed E-state index contributed by atoms with van der Waals surface area (Å²) in [6, 6.07) is 3.09. The van der Waals surface area contributed by atoms with Crippen molar-refractivity contribution >= 4 is 40.6 Å². The molecule has 43 heavy (non-hydrogen) atoms. The Hall–Kier alpha value is -4.92. The summed E-state index contributed by atoms with van der Waals surface area (Å²) < 4.78 is 0. The Bertz CT molecular complexity index is 1410. The molecule has 232 valence electrons. The third-order valence-corrected chi connectivity index (χ3v) is 6.88. The van der Waals surface area contributed by atoms with E-state index in [0.717, 1.165) is 16.5 Å². The van der Waals surface area contributed by atoms with Crippen LogP contribution in [0.25, 0.3) is 10.9 Å². The molecule has 0 aliphatic rings. The minimum atomic E-state index is -1.20. The Morgan fingerprint density at radius 3 is 2.30 bits per heavy atom. The summed E-state index contributed by atoms with van der Waals surface area (Å²) in [6.45, 7) is 3.62. The van der Waals surface area contributed by atoms with Crippen LogP contribution in [-0.4, -0.2) is 80.4 Å². The second-order valence-corrected chi connectivity index (χ2v) is 10.6. The number of carboxylic acids is 1. The highest BCUT2D eigenvalue weighted by Crippen LogP contribution is 2.19. The van der Waals surface area contributed by atoms with E-state index in [1.165, 1.54) is 12.5 Å². The number of guanidine groups is 1. The summed E-state index contributed by atoms with van der Waals surface area (Å²) in [7, 11) is 0. The molecule has 15 nitrogen and oxygen atoms in total. The number of nitrogens with two attached hydrogens (primary N) is 3. The van der Waals surface area contributed by atoms with Crippen molar-refractivity contribution in [2.45, 2.75) is 63.7 Å². The van der Waals surface area contributed by atoms with Crippen LogP contribution < -0.4 is 33.2 Å². The van der Waals surface area contributed by atoms with E-state index in [4.69, 9.17) is 17.2 Å². The molecule has 0 saturated heterocycles. The number of hydrogen-bond donors (Lipinski definition) is 9. The molecule has 0 saturated carbocycles. The molecule has 4 atom stereocenters. The van der Waals surface area contributed by atoms with Crippen molar-refractivity contribution in [3.8, 4) is 0 Å². The number of carbonyl (C=O) groups is 4. The van der Waals surface area contributed by atoms with E-state index >= 15 is 0 Å². The van der Waals surface area contributed by atoms with Crippen LogP contribution in [-0.2, 0) is 32.0 Å². The smallest absolute Gasteiger partial charge is 0.326 e. The summed E-state index contributed by atoms with van der Waals surface area (Å²) in [5.74, 6) is -3.59. The highest BCUT2D eigenvalue weighted by molar-refractivity contribution is 5.95. The quantitative estimate of drug-likeness (QED) is 0.0571. The monoisotopic (exact) mass is 596 g/mol. The lowest BCUT2D eigenvalue weighted by atomic mass is 10.0. The Kier molecular flexibility index (Phi) is 11.6. The molecule has 0 fully saturated rings. The first-order valence-electron chi connectivity index (χ1n) is 13.9. The van der Waals surface area contributed by atoms with Crippen LogP contribution in [0.5, 0.6) is 0 Å². The molecule has 3 amide bonds. The largest absolute Gasteiger partial charge is 0.480 e. The maximum atomic E-state index is 13.8. The molecule has 0 spiro atoms. The number of aliphatic imine (C=N–C) groups is 1. The Balaban J connectivity index is 1.83.